The van der Waals surface area contributed by atoms with Crippen molar-refractivity contribution in [1.82, 2.24) is 31.1 Å². The molecule has 0 saturated heterocycles. The topological polar surface area (TPSA) is 363 Å². The first-order valence-electron chi connectivity index (χ1n) is 24.0. The molecule has 27 heteroatoms. The second kappa shape index (κ2) is 49.7. The quantitative estimate of drug-likeness (QED) is 0.0247. The van der Waals surface area contributed by atoms with Crippen LogP contribution in [-0.4, -0.2) is 178 Å². The van der Waals surface area contributed by atoms with E-state index in [0.29, 0.717) is 52.6 Å². The number of nitrogens with one attached hydrogen (secondary N) is 4. The molecule has 0 saturated carbocycles. The van der Waals surface area contributed by atoms with Crippen molar-refractivity contribution in [2.45, 2.75) is 103 Å². The molecule has 0 aromatic rings. The Hall–Kier alpha value is -4.74. The molecule has 0 unspecified atom stereocenters. The van der Waals surface area contributed by atoms with Gasteiger partial charge in [-0.2, -0.15) is 0 Å². The van der Waals surface area contributed by atoms with Crippen molar-refractivity contribution in [2.75, 3.05) is 132 Å². The van der Waals surface area contributed by atoms with E-state index in [0.717, 1.165) is 103 Å². The van der Waals surface area contributed by atoms with E-state index in [1.807, 2.05) is 0 Å². The van der Waals surface area contributed by atoms with E-state index in [1.165, 1.54) is 9.80 Å². The molecule has 0 rings (SSSR count). The standard InChI is InChI=1S/C42H84N10O17/c43-66-25-13-5-1-9-17-47-37(53)60-29-21-51(22-30-61-38(54)48-18-10-2-6-14-26-67-44)41(57)64-35-33-59-34-36-65-42(58)52(23-31-62-39(55)49-19-11-3-7-15-27-68-45)24-32-63-40(56)50-20-12-4-8-16-28-69-46/h1-36,43-46H2,(H,47,53)(H,48,54)(H,49,55)(H,50,56). The van der Waals surface area contributed by atoms with E-state index in [-0.39, 0.29) is 79.0 Å². The molecular weight excluding hydrogens is 917 g/mol. The van der Waals surface area contributed by atoms with Gasteiger partial charge >= 0.3 is 36.6 Å². The molecule has 0 spiro atoms. The Labute approximate surface area is 406 Å². The van der Waals surface area contributed by atoms with E-state index in [9.17, 15) is 28.8 Å². The largest absolute Gasteiger partial charge is 0.448 e. The number of nitrogens with two attached hydrogens (primary N) is 4. The van der Waals surface area contributed by atoms with Gasteiger partial charge in [-0.1, -0.05) is 51.4 Å². The molecule has 6 amide bonds. The van der Waals surface area contributed by atoms with E-state index in [2.05, 4.69) is 40.6 Å². The number of ether oxygens (including phenoxy) is 7. The van der Waals surface area contributed by atoms with Crippen molar-refractivity contribution >= 4 is 36.6 Å². The summed E-state index contributed by atoms with van der Waals surface area (Å²) in [6.45, 7) is 2.15. The molecule has 0 fully saturated rings. The van der Waals surface area contributed by atoms with Crippen molar-refractivity contribution in [3.63, 3.8) is 0 Å². The summed E-state index contributed by atoms with van der Waals surface area (Å²) in [4.78, 5) is 95.4. The third-order valence-corrected chi connectivity index (χ3v) is 9.63. The first kappa shape index (κ1) is 64.3. The van der Waals surface area contributed by atoms with Crippen molar-refractivity contribution in [2.24, 2.45) is 23.6 Å². The van der Waals surface area contributed by atoms with Gasteiger partial charge in [-0.25, -0.2) is 52.4 Å². The zero-order valence-corrected chi connectivity index (χ0v) is 40.6. The number of hydrogen-bond acceptors (Lipinski definition) is 21. The van der Waals surface area contributed by atoms with Gasteiger partial charge < -0.3 is 83.6 Å². The molecule has 0 atom stereocenters. The number of carbonyl (C=O) groups excluding carboxylic acids is 6. The van der Waals surface area contributed by atoms with Gasteiger partial charge in [0.25, 0.3) is 0 Å². The Balaban J connectivity index is 4.94. The highest BCUT2D eigenvalue weighted by Crippen LogP contribution is 2.03. The van der Waals surface area contributed by atoms with Crippen molar-refractivity contribution in [1.29, 1.82) is 0 Å². The highest BCUT2D eigenvalue weighted by molar-refractivity contribution is 5.70. The maximum absolute atomic E-state index is 13.0. The summed E-state index contributed by atoms with van der Waals surface area (Å²) in [6, 6.07) is 0. The van der Waals surface area contributed by atoms with Crippen molar-refractivity contribution < 1.29 is 81.3 Å². The van der Waals surface area contributed by atoms with Crippen LogP contribution in [0.2, 0.25) is 0 Å². The minimum atomic E-state index is -0.772. The number of alkyl carbamates (subject to hydrolysis) is 4. The summed E-state index contributed by atoms with van der Waals surface area (Å²) in [5.41, 5.74) is 0. The maximum Gasteiger partial charge on any atom is 0.410 e. The van der Waals surface area contributed by atoms with Gasteiger partial charge in [0.1, 0.15) is 39.6 Å². The number of unbranched alkanes of at least 4 members (excludes halogenated alkanes) is 12. The molecule has 404 valence electrons. The van der Waals surface area contributed by atoms with Crippen LogP contribution in [0.1, 0.15) is 103 Å². The summed E-state index contributed by atoms with van der Waals surface area (Å²) < 4.78 is 37.1. The third-order valence-electron chi connectivity index (χ3n) is 9.63. The van der Waals surface area contributed by atoms with Crippen LogP contribution in [0.15, 0.2) is 0 Å². The highest BCUT2D eigenvalue weighted by atomic mass is 16.6. The second-order valence-corrected chi connectivity index (χ2v) is 15.2. The summed E-state index contributed by atoms with van der Waals surface area (Å²) in [6.07, 6.45) is 9.17. The Kier molecular flexibility index (Phi) is 46.3. The molecule has 0 heterocycles. The molecular formula is C42H84N10O17. The van der Waals surface area contributed by atoms with Crippen LogP contribution in [0.4, 0.5) is 28.8 Å². The maximum atomic E-state index is 13.0. The van der Waals surface area contributed by atoms with E-state index in [4.69, 9.17) is 56.7 Å². The molecule has 0 radical (unpaired) electrons. The van der Waals surface area contributed by atoms with Crippen LogP contribution in [0.3, 0.4) is 0 Å². The Morgan fingerprint density at radius 3 is 0.783 bits per heavy atom. The molecule has 27 nitrogen and oxygen atoms in total. The van der Waals surface area contributed by atoms with Crippen LogP contribution in [0.25, 0.3) is 0 Å². The monoisotopic (exact) mass is 1000 g/mol. The minimum absolute atomic E-state index is 0.0551. The molecule has 0 aromatic heterocycles. The molecule has 69 heavy (non-hydrogen) atoms. The normalized spacial score (nSPS) is 10.7. The van der Waals surface area contributed by atoms with E-state index >= 15 is 0 Å². The number of carbonyl (C=O) groups is 6. The molecule has 0 aliphatic heterocycles. The predicted octanol–water partition coefficient (Wildman–Crippen LogP) is 2.59. The first-order chi connectivity index (χ1) is 33.7. The zero-order valence-electron chi connectivity index (χ0n) is 40.6. The summed E-state index contributed by atoms with van der Waals surface area (Å²) >= 11 is 0. The zero-order chi connectivity index (χ0) is 50.7. The predicted molar refractivity (Wildman–Crippen MR) is 248 cm³/mol. The number of rotatable bonds is 46. The van der Waals surface area contributed by atoms with Crippen molar-refractivity contribution in [3.05, 3.63) is 0 Å². The van der Waals surface area contributed by atoms with Crippen molar-refractivity contribution in [3.8, 4) is 0 Å². The fourth-order valence-electron chi connectivity index (χ4n) is 5.87. The Morgan fingerprint density at radius 1 is 0.290 bits per heavy atom. The van der Waals surface area contributed by atoms with Gasteiger partial charge in [-0.15, -0.1) is 0 Å². The summed E-state index contributed by atoms with van der Waals surface area (Å²) in [7, 11) is 0. The molecule has 0 aliphatic rings. The average molecular weight is 1000 g/mol. The summed E-state index contributed by atoms with van der Waals surface area (Å²) in [5, 5.41) is 10.6. The summed E-state index contributed by atoms with van der Waals surface area (Å²) in [5.74, 6) is 20.1. The molecule has 12 N–H and O–H groups in total. The lowest BCUT2D eigenvalue weighted by molar-refractivity contribution is 0.0233. The Bertz CT molecular complexity index is 1120. The minimum Gasteiger partial charge on any atom is -0.448 e. The number of amides is 6. The number of nitrogens with zero attached hydrogens (tertiary/aromatic N) is 2. The van der Waals surface area contributed by atoms with E-state index in [1.54, 1.807) is 0 Å². The third kappa shape index (κ3) is 44.2. The fourth-order valence-corrected chi connectivity index (χ4v) is 5.87. The molecule has 0 aliphatic carbocycles. The average Bonchev–Trinajstić information content (AvgIpc) is 3.33. The second-order valence-electron chi connectivity index (χ2n) is 15.2. The van der Waals surface area contributed by atoms with Crippen LogP contribution >= 0.6 is 0 Å². The Morgan fingerprint density at radius 2 is 0.536 bits per heavy atom. The smallest absolute Gasteiger partial charge is 0.410 e. The van der Waals surface area contributed by atoms with Crippen LogP contribution in [0, 0.1) is 0 Å². The highest BCUT2D eigenvalue weighted by Gasteiger charge is 2.19. The van der Waals surface area contributed by atoms with Gasteiger partial charge in [0, 0.05) is 26.2 Å². The lowest BCUT2D eigenvalue weighted by Crippen LogP contribution is -2.40. The van der Waals surface area contributed by atoms with Gasteiger partial charge in [0.15, 0.2) is 0 Å². The van der Waals surface area contributed by atoms with E-state index < -0.39 is 36.6 Å². The van der Waals surface area contributed by atoms with Gasteiger partial charge in [-0.05, 0) is 51.4 Å². The first-order valence-corrected chi connectivity index (χ1v) is 24.0. The molecule has 0 bridgehead atoms. The SMILES string of the molecule is NOCCCCCCNC(=O)OCCN(CCOC(=O)NCCCCCCON)C(=O)OCCOCCOC(=O)N(CCOC(=O)NCCCCCCON)CCOC(=O)NCCCCCCON. The van der Waals surface area contributed by atoms with Gasteiger partial charge in [-0.3, -0.25) is 0 Å². The van der Waals surface area contributed by atoms with Crippen LogP contribution < -0.4 is 44.9 Å². The fraction of sp³-hybridized carbons (Fsp3) is 0.857. The number of hydrogen-bond donors (Lipinski definition) is 8. The lowest BCUT2D eigenvalue weighted by atomic mass is 10.2. The van der Waals surface area contributed by atoms with Gasteiger partial charge in [0.2, 0.25) is 0 Å². The molecule has 0 aromatic carbocycles. The van der Waals surface area contributed by atoms with Gasteiger partial charge in [0.05, 0.1) is 65.8 Å². The van der Waals surface area contributed by atoms with Crippen LogP contribution in [0.5, 0.6) is 0 Å². The lowest BCUT2D eigenvalue weighted by Gasteiger charge is -2.22. The van der Waals surface area contributed by atoms with Crippen LogP contribution in [-0.2, 0) is 52.5 Å².